The van der Waals surface area contributed by atoms with Crippen LogP contribution < -0.4 is 11.1 Å². The van der Waals surface area contributed by atoms with Gasteiger partial charge in [-0.25, -0.2) is 9.98 Å². The minimum Gasteiger partial charge on any atom is -0.370 e. The summed E-state index contributed by atoms with van der Waals surface area (Å²) in [5.74, 6) is 1.45. The molecule has 1 heterocycles. The van der Waals surface area contributed by atoms with Gasteiger partial charge < -0.3 is 15.6 Å². The third-order valence-electron chi connectivity index (χ3n) is 3.20. The van der Waals surface area contributed by atoms with Gasteiger partial charge in [0.2, 0.25) is 0 Å². The minimum atomic E-state index is 0. The van der Waals surface area contributed by atoms with Crippen molar-refractivity contribution in [3.05, 3.63) is 30.1 Å². The highest BCUT2D eigenvalue weighted by molar-refractivity contribution is 14.0. The number of hydrogen-bond donors (Lipinski definition) is 2. The Morgan fingerprint density at radius 3 is 2.89 bits per heavy atom. The van der Waals surface area contributed by atoms with E-state index in [9.17, 15) is 0 Å². The van der Waals surface area contributed by atoms with Crippen molar-refractivity contribution in [2.45, 2.75) is 25.4 Å². The number of imidazole rings is 1. The van der Waals surface area contributed by atoms with Crippen LogP contribution >= 0.6 is 24.0 Å². The average Bonchev–Trinajstić information content (AvgIpc) is 3.12. The van der Waals surface area contributed by atoms with Gasteiger partial charge in [0.05, 0.1) is 11.0 Å². The Bertz CT molecular complexity index is 600. The number of halogens is 1. The molecule has 0 spiro atoms. The maximum atomic E-state index is 5.81. The Morgan fingerprint density at radius 1 is 1.47 bits per heavy atom. The first kappa shape index (κ1) is 14.1. The number of fused-ring (bicyclic) bond motifs is 1. The zero-order chi connectivity index (χ0) is 12.5. The maximum absolute atomic E-state index is 5.81. The Morgan fingerprint density at radius 2 is 2.21 bits per heavy atom. The largest absolute Gasteiger partial charge is 0.370 e. The zero-order valence-electron chi connectivity index (χ0n) is 10.8. The van der Waals surface area contributed by atoms with Crippen LogP contribution in [-0.4, -0.2) is 21.6 Å². The lowest BCUT2D eigenvalue weighted by Crippen LogP contribution is -2.33. The number of benzene rings is 1. The molecule has 6 heteroatoms. The second-order valence-corrected chi connectivity index (χ2v) is 4.70. The predicted octanol–water partition coefficient (Wildman–Crippen LogP) is 1.76. The van der Waals surface area contributed by atoms with Crippen LogP contribution in [0, 0.1) is 0 Å². The van der Waals surface area contributed by atoms with Gasteiger partial charge in [0, 0.05) is 13.1 Å². The molecule has 1 aliphatic rings. The summed E-state index contributed by atoms with van der Waals surface area (Å²) in [6, 6.07) is 8.61. The summed E-state index contributed by atoms with van der Waals surface area (Å²) >= 11 is 0. The summed E-state index contributed by atoms with van der Waals surface area (Å²) < 4.78 is 2.06. The van der Waals surface area contributed by atoms with Crippen molar-refractivity contribution in [1.82, 2.24) is 14.9 Å². The Balaban J connectivity index is 0.00000133. The van der Waals surface area contributed by atoms with Crippen molar-refractivity contribution in [2.24, 2.45) is 17.8 Å². The number of hydrogen-bond acceptors (Lipinski definition) is 2. The van der Waals surface area contributed by atoms with Gasteiger partial charge in [-0.05, 0) is 25.0 Å². The Kier molecular flexibility index (Phi) is 4.28. The normalized spacial score (nSPS) is 15.3. The zero-order valence-corrected chi connectivity index (χ0v) is 13.2. The standard InChI is InChI=1S/C13H17N5.HI/c1-18-11-5-3-2-4-10(11)17-12(18)8-15-13(14)16-9-6-7-9;/h2-5,9H,6-8H2,1H3,(H3,14,15,16);1H. The molecule has 0 radical (unpaired) electrons. The lowest BCUT2D eigenvalue weighted by Gasteiger charge is -2.03. The van der Waals surface area contributed by atoms with E-state index in [0.29, 0.717) is 18.5 Å². The summed E-state index contributed by atoms with van der Waals surface area (Å²) in [5, 5.41) is 3.17. The topological polar surface area (TPSA) is 68.2 Å². The van der Waals surface area contributed by atoms with E-state index in [1.807, 2.05) is 25.2 Å². The third-order valence-corrected chi connectivity index (χ3v) is 3.20. The number of nitrogens with two attached hydrogens (primary N) is 1. The van der Waals surface area contributed by atoms with Gasteiger partial charge in [-0.1, -0.05) is 12.1 Å². The maximum Gasteiger partial charge on any atom is 0.189 e. The van der Waals surface area contributed by atoms with E-state index in [0.717, 1.165) is 16.9 Å². The molecular formula is C13H18IN5. The lowest BCUT2D eigenvalue weighted by molar-refractivity contribution is 0.800. The number of nitrogens with one attached hydrogen (secondary N) is 1. The van der Waals surface area contributed by atoms with E-state index in [1.165, 1.54) is 12.8 Å². The van der Waals surface area contributed by atoms with Crippen molar-refractivity contribution in [3.63, 3.8) is 0 Å². The SMILES string of the molecule is Cn1c(CN=C(N)NC2CC2)nc2ccccc21.I. The summed E-state index contributed by atoms with van der Waals surface area (Å²) in [6.45, 7) is 0.511. The number of rotatable bonds is 3. The molecule has 5 nitrogen and oxygen atoms in total. The molecule has 0 aliphatic heterocycles. The molecule has 2 aromatic rings. The first-order valence-corrected chi connectivity index (χ1v) is 6.21. The molecule has 1 aromatic heterocycles. The van der Waals surface area contributed by atoms with Gasteiger partial charge in [-0.3, -0.25) is 0 Å². The summed E-state index contributed by atoms with van der Waals surface area (Å²) in [4.78, 5) is 8.88. The fourth-order valence-electron chi connectivity index (χ4n) is 1.98. The van der Waals surface area contributed by atoms with E-state index in [4.69, 9.17) is 5.73 Å². The van der Waals surface area contributed by atoms with Gasteiger partial charge in [0.25, 0.3) is 0 Å². The van der Waals surface area contributed by atoms with Crippen molar-refractivity contribution >= 4 is 41.0 Å². The molecule has 1 aliphatic carbocycles. The van der Waals surface area contributed by atoms with Crippen LogP contribution in [0.15, 0.2) is 29.3 Å². The molecule has 0 unspecified atom stereocenters. The molecular weight excluding hydrogens is 353 g/mol. The van der Waals surface area contributed by atoms with Crippen LogP contribution in [0.25, 0.3) is 11.0 Å². The van der Waals surface area contributed by atoms with Gasteiger partial charge in [-0.2, -0.15) is 0 Å². The van der Waals surface area contributed by atoms with Gasteiger partial charge in [0.1, 0.15) is 12.4 Å². The number of nitrogens with zero attached hydrogens (tertiary/aromatic N) is 3. The minimum absolute atomic E-state index is 0. The van der Waals surface area contributed by atoms with Crippen LogP contribution in [-0.2, 0) is 13.6 Å². The van der Waals surface area contributed by atoms with E-state index in [1.54, 1.807) is 0 Å². The smallest absolute Gasteiger partial charge is 0.189 e. The van der Waals surface area contributed by atoms with Crippen LogP contribution in [0.5, 0.6) is 0 Å². The highest BCUT2D eigenvalue weighted by Gasteiger charge is 2.21. The molecule has 19 heavy (non-hydrogen) atoms. The van der Waals surface area contributed by atoms with Crippen molar-refractivity contribution in [1.29, 1.82) is 0 Å². The third kappa shape index (κ3) is 3.17. The summed E-state index contributed by atoms with van der Waals surface area (Å²) in [6.07, 6.45) is 2.39. The highest BCUT2D eigenvalue weighted by Crippen LogP contribution is 2.18. The molecule has 0 bridgehead atoms. The van der Waals surface area contributed by atoms with E-state index in [-0.39, 0.29) is 24.0 Å². The lowest BCUT2D eigenvalue weighted by atomic mass is 10.3. The number of aromatic nitrogens is 2. The molecule has 102 valence electrons. The summed E-state index contributed by atoms with van der Waals surface area (Å²) in [5.41, 5.74) is 7.93. The monoisotopic (exact) mass is 371 g/mol. The van der Waals surface area contributed by atoms with E-state index < -0.39 is 0 Å². The first-order chi connectivity index (χ1) is 8.74. The predicted molar refractivity (Wildman–Crippen MR) is 87.6 cm³/mol. The fourth-order valence-corrected chi connectivity index (χ4v) is 1.98. The van der Waals surface area contributed by atoms with Crippen molar-refractivity contribution in [2.75, 3.05) is 0 Å². The van der Waals surface area contributed by atoms with Gasteiger partial charge in [0.15, 0.2) is 5.96 Å². The Hall–Kier alpha value is -1.31. The molecule has 0 atom stereocenters. The molecule has 3 rings (SSSR count). The van der Waals surface area contributed by atoms with Crippen LogP contribution in [0.4, 0.5) is 0 Å². The highest BCUT2D eigenvalue weighted by atomic mass is 127. The number of aliphatic imine (C=N–C) groups is 1. The second kappa shape index (κ2) is 5.77. The van der Waals surface area contributed by atoms with Crippen LogP contribution in [0.1, 0.15) is 18.7 Å². The van der Waals surface area contributed by atoms with E-state index >= 15 is 0 Å². The van der Waals surface area contributed by atoms with E-state index in [2.05, 4.69) is 25.9 Å². The summed E-state index contributed by atoms with van der Waals surface area (Å²) in [7, 11) is 2.00. The second-order valence-electron chi connectivity index (χ2n) is 4.70. The van der Waals surface area contributed by atoms with Gasteiger partial charge in [-0.15, -0.1) is 24.0 Å². The first-order valence-electron chi connectivity index (χ1n) is 6.21. The molecule has 3 N–H and O–H groups in total. The number of aryl methyl sites for hydroxylation is 1. The van der Waals surface area contributed by atoms with Crippen LogP contribution in [0.2, 0.25) is 0 Å². The number of guanidine groups is 1. The number of para-hydroxylation sites is 2. The Labute approximate surface area is 129 Å². The molecule has 1 aromatic carbocycles. The van der Waals surface area contributed by atoms with Gasteiger partial charge >= 0.3 is 0 Å². The van der Waals surface area contributed by atoms with Crippen molar-refractivity contribution < 1.29 is 0 Å². The molecule has 1 fully saturated rings. The molecule has 0 amide bonds. The van der Waals surface area contributed by atoms with Crippen LogP contribution in [0.3, 0.4) is 0 Å². The molecule has 1 saturated carbocycles. The average molecular weight is 371 g/mol. The fraction of sp³-hybridized carbons (Fsp3) is 0.385. The molecule has 0 saturated heterocycles. The quantitative estimate of drug-likeness (QED) is 0.491. The van der Waals surface area contributed by atoms with Crippen molar-refractivity contribution in [3.8, 4) is 0 Å².